The van der Waals surface area contributed by atoms with Crippen molar-refractivity contribution >= 4 is 5.97 Å². The predicted molar refractivity (Wildman–Crippen MR) is 69.1 cm³/mol. The summed E-state index contributed by atoms with van der Waals surface area (Å²) < 4.78 is 5.43. The van der Waals surface area contributed by atoms with Gasteiger partial charge in [0.1, 0.15) is 6.10 Å². The van der Waals surface area contributed by atoms with Crippen molar-refractivity contribution in [3.63, 3.8) is 0 Å². The van der Waals surface area contributed by atoms with Gasteiger partial charge in [-0.1, -0.05) is 25.7 Å². The molecule has 0 spiro atoms. The van der Waals surface area contributed by atoms with Crippen LogP contribution in [0, 0.1) is 17.3 Å². The molecule has 0 radical (unpaired) electrons. The summed E-state index contributed by atoms with van der Waals surface area (Å²) in [7, 11) is 0. The van der Waals surface area contributed by atoms with E-state index >= 15 is 0 Å². The molecule has 3 fully saturated rings. The Balaban J connectivity index is 2.05. The molecule has 2 saturated carbocycles. The molecule has 0 amide bonds. The Kier molecular flexibility index (Phi) is 2.67. The third-order valence-corrected chi connectivity index (χ3v) is 5.30. The maximum Gasteiger partial charge on any atom is 0.334 e. The van der Waals surface area contributed by atoms with Gasteiger partial charge >= 0.3 is 5.97 Å². The number of hydrogen-bond donors (Lipinski definition) is 2. The van der Waals surface area contributed by atoms with Crippen LogP contribution in [0.2, 0.25) is 0 Å². The van der Waals surface area contributed by atoms with Crippen LogP contribution >= 0.6 is 0 Å². The van der Waals surface area contributed by atoms with Gasteiger partial charge in [0, 0.05) is 16.9 Å². The monoisotopic (exact) mass is 264 g/mol. The van der Waals surface area contributed by atoms with Crippen LogP contribution in [0.25, 0.3) is 0 Å². The van der Waals surface area contributed by atoms with E-state index in [1.165, 1.54) is 0 Å². The van der Waals surface area contributed by atoms with E-state index in [4.69, 9.17) is 4.74 Å². The summed E-state index contributed by atoms with van der Waals surface area (Å²) in [6.45, 7) is 9.81. The first-order valence-electron chi connectivity index (χ1n) is 6.80. The molecule has 4 heteroatoms. The van der Waals surface area contributed by atoms with Crippen LogP contribution in [0.15, 0.2) is 24.3 Å². The Bertz CT molecular complexity index is 469. The molecule has 6 atom stereocenters. The van der Waals surface area contributed by atoms with Crippen molar-refractivity contribution in [1.82, 2.24) is 0 Å². The minimum Gasteiger partial charge on any atom is -0.458 e. The van der Waals surface area contributed by atoms with E-state index in [0.717, 1.165) is 12.0 Å². The molecule has 3 aliphatic rings. The molecule has 0 bridgehead atoms. The Hall–Kier alpha value is -1.13. The van der Waals surface area contributed by atoms with E-state index in [2.05, 4.69) is 13.2 Å². The molecule has 1 saturated heterocycles. The number of aliphatic hydroxyl groups excluding tert-OH is 2. The first-order chi connectivity index (χ1) is 8.86. The van der Waals surface area contributed by atoms with E-state index in [1.807, 2.05) is 6.92 Å². The second-order valence-electron chi connectivity index (χ2n) is 6.39. The standard InChI is InChI=1S/C15H20O4/c1-7-4-5-10(17)15(3)6-9(16)11-8(2)14(18)19-13(11)12(7)15/h9-13,16-17H,1-2,4-6H2,3H3/t9-,10-,11-,12-,13+,15+/m1/s1. The number of aliphatic hydroxyl groups is 2. The average molecular weight is 264 g/mol. The second-order valence-corrected chi connectivity index (χ2v) is 6.39. The molecule has 0 aromatic heterocycles. The smallest absolute Gasteiger partial charge is 0.334 e. The van der Waals surface area contributed by atoms with E-state index in [1.54, 1.807) is 0 Å². The van der Waals surface area contributed by atoms with Gasteiger partial charge in [-0.05, 0) is 19.3 Å². The Morgan fingerprint density at radius 2 is 2.05 bits per heavy atom. The van der Waals surface area contributed by atoms with E-state index in [0.29, 0.717) is 18.4 Å². The fourth-order valence-electron chi connectivity index (χ4n) is 4.26. The lowest BCUT2D eigenvalue weighted by Gasteiger charge is -2.54. The second kappa shape index (κ2) is 3.93. The lowest BCUT2D eigenvalue weighted by molar-refractivity contribution is -0.161. The predicted octanol–water partition coefficient (Wildman–Crippen LogP) is 1.18. The maximum atomic E-state index is 11.7. The molecule has 3 rings (SSSR count). The highest BCUT2D eigenvalue weighted by Gasteiger charge is 2.61. The Morgan fingerprint density at radius 1 is 1.37 bits per heavy atom. The third kappa shape index (κ3) is 1.56. The zero-order valence-corrected chi connectivity index (χ0v) is 11.1. The number of fused-ring (bicyclic) bond motifs is 3. The maximum absolute atomic E-state index is 11.7. The largest absolute Gasteiger partial charge is 0.458 e. The van der Waals surface area contributed by atoms with Crippen molar-refractivity contribution in [2.45, 2.75) is 44.5 Å². The lowest BCUT2D eigenvalue weighted by Crippen LogP contribution is -2.57. The Morgan fingerprint density at radius 3 is 2.74 bits per heavy atom. The van der Waals surface area contributed by atoms with E-state index in [9.17, 15) is 15.0 Å². The quantitative estimate of drug-likeness (QED) is 0.392. The van der Waals surface area contributed by atoms with Crippen molar-refractivity contribution in [2.75, 3.05) is 0 Å². The molecule has 2 aliphatic carbocycles. The fourth-order valence-corrected chi connectivity index (χ4v) is 4.26. The average Bonchev–Trinajstić information content (AvgIpc) is 2.61. The van der Waals surface area contributed by atoms with Gasteiger partial charge in [0.2, 0.25) is 0 Å². The number of hydrogen-bond acceptors (Lipinski definition) is 4. The zero-order valence-electron chi connectivity index (χ0n) is 11.1. The fraction of sp³-hybridized carbons (Fsp3) is 0.667. The van der Waals surface area contributed by atoms with Crippen LogP contribution in [0.3, 0.4) is 0 Å². The highest BCUT2D eigenvalue weighted by atomic mass is 16.6. The number of carbonyl (C=O) groups is 1. The number of esters is 1. The molecular weight excluding hydrogens is 244 g/mol. The van der Waals surface area contributed by atoms with Gasteiger partial charge in [-0.15, -0.1) is 0 Å². The van der Waals surface area contributed by atoms with Gasteiger partial charge in [-0.25, -0.2) is 4.79 Å². The van der Waals surface area contributed by atoms with Crippen LogP contribution < -0.4 is 0 Å². The Labute approximate surface area is 112 Å². The third-order valence-electron chi connectivity index (χ3n) is 5.30. The van der Waals surface area contributed by atoms with Crippen molar-refractivity contribution in [1.29, 1.82) is 0 Å². The first-order valence-corrected chi connectivity index (χ1v) is 6.80. The van der Waals surface area contributed by atoms with Crippen molar-refractivity contribution in [3.8, 4) is 0 Å². The summed E-state index contributed by atoms with van der Waals surface area (Å²) in [6.07, 6.45) is 0.248. The molecule has 1 aliphatic heterocycles. The number of ether oxygens (including phenoxy) is 1. The SMILES string of the molecule is C=C1C(=O)O[C@H]2[C@H]1[C@H](O)C[C@@]1(C)[C@H](O)CCC(=C)[C@H]21. The summed E-state index contributed by atoms with van der Waals surface area (Å²) in [5, 5.41) is 20.7. The molecule has 19 heavy (non-hydrogen) atoms. The normalized spacial score (nSPS) is 49.6. The summed E-state index contributed by atoms with van der Waals surface area (Å²) in [5.74, 6) is -0.869. The van der Waals surface area contributed by atoms with Crippen molar-refractivity contribution in [2.24, 2.45) is 17.3 Å². The lowest BCUT2D eigenvalue weighted by atomic mass is 9.53. The van der Waals surface area contributed by atoms with Gasteiger partial charge in [-0.2, -0.15) is 0 Å². The van der Waals surface area contributed by atoms with Crippen molar-refractivity contribution in [3.05, 3.63) is 24.3 Å². The molecule has 2 N–H and O–H groups in total. The van der Waals surface area contributed by atoms with Crippen LogP contribution in [0.5, 0.6) is 0 Å². The number of rotatable bonds is 0. The number of carbonyl (C=O) groups excluding carboxylic acids is 1. The van der Waals surface area contributed by atoms with Crippen LogP contribution in [0.1, 0.15) is 26.2 Å². The van der Waals surface area contributed by atoms with Gasteiger partial charge in [0.15, 0.2) is 0 Å². The summed E-state index contributed by atoms with van der Waals surface area (Å²) >= 11 is 0. The highest BCUT2D eigenvalue weighted by Crippen LogP contribution is 2.57. The minimum atomic E-state index is -0.689. The van der Waals surface area contributed by atoms with Crippen LogP contribution in [-0.4, -0.2) is 34.5 Å². The molecule has 0 aromatic carbocycles. The molecule has 104 valence electrons. The first kappa shape index (κ1) is 12.9. The van der Waals surface area contributed by atoms with Crippen LogP contribution in [0.4, 0.5) is 0 Å². The summed E-state index contributed by atoms with van der Waals surface area (Å²) in [6, 6.07) is 0. The zero-order chi connectivity index (χ0) is 13.9. The molecule has 0 unspecified atom stereocenters. The van der Waals surface area contributed by atoms with Crippen molar-refractivity contribution < 1.29 is 19.7 Å². The van der Waals surface area contributed by atoms with Crippen LogP contribution in [-0.2, 0) is 9.53 Å². The summed E-state index contributed by atoms with van der Waals surface area (Å²) in [5.41, 5.74) is 0.894. The molecule has 0 aromatic rings. The molecule has 1 heterocycles. The summed E-state index contributed by atoms with van der Waals surface area (Å²) in [4.78, 5) is 11.7. The molecule has 4 nitrogen and oxygen atoms in total. The van der Waals surface area contributed by atoms with E-state index in [-0.39, 0.29) is 11.8 Å². The minimum absolute atomic E-state index is 0.0900. The van der Waals surface area contributed by atoms with E-state index < -0.39 is 29.7 Å². The van der Waals surface area contributed by atoms with Gasteiger partial charge in [0.05, 0.1) is 18.1 Å². The molecular formula is C15H20O4. The van der Waals surface area contributed by atoms with Gasteiger partial charge in [-0.3, -0.25) is 0 Å². The highest BCUT2D eigenvalue weighted by molar-refractivity contribution is 5.91. The van der Waals surface area contributed by atoms with Gasteiger partial charge in [0.25, 0.3) is 0 Å². The topological polar surface area (TPSA) is 66.8 Å². The van der Waals surface area contributed by atoms with Gasteiger partial charge < -0.3 is 14.9 Å².